The van der Waals surface area contributed by atoms with Gasteiger partial charge < -0.3 is 10.4 Å². The second kappa shape index (κ2) is 5.02. The highest BCUT2D eigenvalue weighted by Crippen LogP contribution is 2.20. The van der Waals surface area contributed by atoms with Crippen molar-refractivity contribution in [1.82, 2.24) is 5.32 Å². The van der Waals surface area contributed by atoms with Crippen molar-refractivity contribution in [2.75, 3.05) is 13.7 Å². The van der Waals surface area contributed by atoms with Crippen molar-refractivity contribution >= 4 is 0 Å². The Morgan fingerprint density at radius 3 is 2.71 bits per heavy atom. The number of halogens is 2. The summed E-state index contributed by atoms with van der Waals surface area (Å²) in [6.45, 7) is -0.0680. The molecule has 4 heteroatoms. The van der Waals surface area contributed by atoms with Crippen LogP contribution in [0.1, 0.15) is 18.0 Å². The normalized spacial score (nSPS) is 12.9. The monoisotopic (exact) mass is 201 g/mol. The van der Waals surface area contributed by atoms with E-state index >= 15 is 0 Å². The van der Waals surface area contributed by atoms with Crippen LogP contribution in [-0.4, -0.2) is 18.8 Å². The van der Waals surface area contributed by atoms with E-state index in [1.807, 2.05) is 0 Å². The molecule has 1 unspecified atom stereocenters. The molecule has 1 rings (SSSR count). The van der Waals surface area contributed by atoms with Gasteiger partial charge in [0.25, 0.3) is 0 Å². The van der Waals surface area contributed by atoms with E-state index in [0.717, 1.165) is 18.2 Å². The average molecular weight is 201 g/mol. The van der Waals surface area contributed by atoms with Crippen molar-refractivity contribution in [3.63, 3.8) is 0 Å². The summed E-state index contributed by atoms with van der Waals surface area (Å²) >= 11 is 0. The summed E-state index contributed by atoms with van der Waals surface area (Å²) in [6, 6.07) is 2.96. The van der Waals surface area contributed by atoms with Gasteiger partial charge in [-0.05, 0) is 31.7 Å². The van der Waals surface area contributed by atoms with Gasteiger partial charge in [-0.15, -0.1) is 0 Å². The van der Waals surface area contributed by atoms with Gasteiger partial charge in [0.15, 0.2) is 0 Å². The Balaban J connectivity index is 2.96. The fourth-order valence-corrected chi connectivity index (χ4v) is 1.37. The van der Waals surface area contributed by atoms with Crippen molar-refractivity contribution < 1.29 is 13.9 Å². The maximum atomic E-state index is 13.2. The predicted octanol–water partition coefficient (Wildman–Crippen LogP) is 1.61. The van der Waals surface area contributed by atoms with Crippen molar-refractivity contribution in [2.45, 2.75) is 12.5 Å². The molecule has 0 aliphatic carbocycles. The first-order chi connectivity index (χ1) is 6.69. The number of benzene rings is 1. The van der Waals surface area contributed by atoms with E-state index in [0.29, 0.717) is 6.42 Å². The molecule has 0 aliphatic heterocycles. The van der Waals surface area contributed by atoms with Crippen LogP contribution in [0, 0.1) is 11.6 Å². The highest BCUT2D eigenvalue weighted by Gasteiger charge is 2.13. The third-order valence-electron chi connectivity index (χ3n) is 2.10. The van der Waals surface area contributed by atoms with Gasteiger partial charge in [-0.1, -0.05) is 0 Å². The Morgan fingerprint density at radius 2 is 2.14 bits per heavy atom. The van der Waals surface area contributed by atoms with E-state index in [1.165, 1.54) is 0 Å². The van der Waals surface area contributed by atoms with E-state index in [-0.39, 0.29) is 18.2 Å². The Kier molecular flexibility index (Phi) is 3.98. The topological polar surface area (TPSA) is 32.3 Å². The van der Waals surface area contributed by atoms with E-state index in [4.69, 9.17) is 5.11 Å². The molecule has 0 amide bonds. The number of nitrogens with one attached hydrogen (secondary N) is 1. The van der Waals surface area contributed by atoms with Crippen LogP contribution >= 0.6 is 0 Å². The molecular formula is C10H13F2NO. The number of aliphatic hydroxyl groups excluding tert-OH is 1. The van der Waals surface area contributed by atoms with E-state index < -0.39 is 11.6 Å². The zero-order valence-corrected chi connectivity index (χ0v) is 7.93. The first-order valence-electron chi connectivity index (χ1n) is 4.42. The molecule has 1 aromatic carbocycles. The van der Waals surface area contributed by atoms with Crippen molar-refractivity contribution in [1.29, 1.82) is 0 Å². The second-order valence-corrected chi connectivity index (χ2v) is 3.02. The molecule has 14 heavy (non-hydrogen) atoms. The molecule has 0 aliphatic rings. The average Bonchev–Trinajstić information content (AvgIpc) is 2.18. The smallest absolute Gasteiger partial charge is 0.128 e. The minimum absolute atomic E-state index is 0.0680. The first-order valence-corrected chi connectivity index (χ1v) is 4.42. The summed E-state index contributed by atoms with van der Waals surface area (Å²) in [5.74, 6) is -0.932. The Labute approximate surface area is 81.6 Å². The van der Waals surface area contributed by atoms with Crippen LogP contribution in [0.3, 0.4) is 0 Å². The van der Waals surface area contributed by atoms with Crippen LogP contribution in [0.4, 0.5) is 8.78 Å². The van der Waals surface area contributed by atoms with Crippen LogP contribution in [-0.2, 0) is 0 Å². The fourth-order valence-electron chi connectivity index (χ4n) is 1.37. The van der Waals surface area contributed by atoms with Gasteiger partial charge in [-0.3, -0.25) is 0 Å². The maximum absolute atomic E-state index is 13.2. The Morgan fingerprint density at radius 1 is 1.43 bits per heavy atom. The lowest BCUT2D eigenvalue weighted by Gasteiger charge is -2.15. The fraction of sp³-hybridized carbons (Fsp3) is 0.400. The lowest BCUT2D eigenvalue weighted by Crippen LogP contribution is -2.19. The minimum Gasteiger partial charge on any atom is -0.396 e. The molecule has 2 N–H and O–H groups in total. The molecule has 0 aromatic heterocycles. The standard InChI is InChI=1S/C10H13F2NO/c1-13-10(4-5-14)8-6-7(11)2-3-9(8)12/h2-3,6,10,13-14H,4-5H2,1H3. The SMILES string of the molecule is CNC(CCO)c1cc(F)ccc1F. The Hall–Kier alpha value is -1.00. The molecule has 0 heterocycles. The zero-order valence-electron chi connectivity index (χ0n) is 7.93. The molecule has 0 fully saturated rings. The van der Waals surface area contributed by atoms with Crippen LogP contribution in [0.25, 0.3) is 0 Å². The molecule has 1 aromatic rings. The number of aliphatic hydroxyl groups is 1. The van der Waals surface area contributed by atoms with Gasteiger partial charge >= 0.3 is 0 Å². The molecule has 78 valence electrons. The Bertz CT molecular complexity index is 304. The highest BCUT2D eigenvalue weighted by atomic mass is 19.1. The van der Waals surface area contributed by atoms with Crippen LogP contribution in [0.5, 0.6) is 0 Å². The van der Waals surface area contributed by atoms with Crippen LogP contribution in [0.2, 0.25) is 0 Å². The van der Waals surface area contributed by atoms with Gasteiger partial charge in [0.1, 0.15) is 11.6 Å². The lowest BCUT2D eigenvalue weighted by molar-refractivity contribution is 0.267. The molecule has 0 bridgehead atoms. The molecular weight excluding hydrogens is 188 g/mol. The van der Waals surface area contributed by atoms with Gasteiger partial charge in [-0.2, -0.15) is 0 Å². The summed E-state index contributed by atoms with van der Waals surface area (Å²) in [4.78, 5) is 0. The molecule has 0 radical (unpaired) electrons. The van der Waals surface area contributed by atoms with Gasteiger partial charge in [-0.25, -0.2) is 8.78 Å². The molecule has 1 atom stereocenters. The van der Waals surface area contributed by atoms with Gasteiger partial charge in [0, 0.05) is 18.2 Å². The van der Waals surface area contributed by atoms with Crippen LogP contribution < -0.4 is 5.32 Å². The third kappa shape index (κ3) is 2.49. The largest absolute Gasteiger partial charge is 0.396 e. The number of hydrogen-bond acceptors (Lipinski definition) is 2. The van der Waals surface area contributed by atoms with Crippen molar-refractivity contribution in [2.24, 2.45) is 0 Å². The van der Waals surface area contributed by atoms with Gasteiger partial charge in [0.05, 0.1) is 0 Å². The molecule has 2 nitrogen and oxygen atoms in total. The summed E-state index contributed by atoms with van der Waals surface area (Å²) in [7, 11) is 1.64. The zero-order chi connectivity index (χ0) is 10.6. The van der Waals surface area contributed by atoms with Gasteiger partial charge in [0.2, 0.25) is 0 Å². The summed E-state index contributed by atoms with van der Waals surface area (Å²) in [5, 5.41) is 11.6. The first kappa shape index (κ1) is 11.1. The van der Waals surface area contributed by atoms with E-state index in [2.05, 4.69) is 5.32 Å². The third-order valence-corrected chi connectivity index (χ3v) is 2.10. The van der Waals surface area contributed by atoms with E-state index in [9.17, 15) is 8.78 Å². The number of rotatable bonds is 4. The predicted molar refractivity (Wildman–Crippen MR) is 49.9 cm³/mol. The highest BCUT2D eigenvalue weighted by molar-refractivity contribution is 5.22. The lowest BCUT2D eigenvalue weighted by atomic mass is 10.0. The maximum Gasteiger partial charge on any atom is 0.128 e. The van der Waals surface area contributed by atoms with Crippen LogP contribution in [0.15, 0.2) is 18.2 Å². The quantitative estimate of drug-likeness (QED) is 0.775. The molecule has 0 saturated heterocycles. The van der Waals surface area contributed by atoms with Crippen molar-refractivity contribution in [3.05, 3.63) is 35.4 Å². The molecule has 0 saturated carbocycles. The van der Waals surface area contributed by atoms with Crippen molar-refractivity contribution in [3.8, 4) is 0 Å². The number of hydrogen-bond donors (Lipinski definition) is 2. The summed E-state index contributed by atoms with van der Waals surface area (Å²) < 4.78 is 26.1. The van der Waals surface area contributed by atoms with E-state index in [1.54, 1.807) is 7.05 Å². The summed E-state index contributed by atoms with van der Waals surface area (Å²) in [5.41, 5.74) is 0.251. The molecule has 0 spiro atoms. The second-order valence-electron chi connectivity index (χ2n) is 3.02. The minimum atomic E-state index is -0.473. The summed E-state index contributed by atoms with van der Waals surface area (Å²) in [6.07, 6.45) is 0.358.